The Morgan fingerprint density at radius 3 is 2.70 bits per heavy atom. The summed E-state index contributed by atoms with van der Waals surface area (Å²) >= 11 is 0. The summed E-state index contributed by atoms with van der Waals surface area (Å²) in [7, 11) is 0. The molecule has 0 aliphatic carbocycles. The number of aliphatic imine (C=N–C) groups is 1. The smallest absolute Gasteiger partial charge is 0.209 e. The Balaban J connectivity index is 1.72. The van der Waals surface area contributed by atoms with Crippen molar-refractivity contribution >= 4 is 17.9 Å². The van der Waals surface area contributed by atoms with Gasteiger partial charge in [0.1, 0.15) is 24.0 Å². The summed E-state index contributed by atoms with van der Waals surface area (Å²) < 4.78 is 6.90. The van der Waals surface area contributed by atoms with E-state index in [-0.39, 0.29) is 11.5 Å². The minimum Gasteiger partial charge on any atom is -0.394 e. The van der Waals surface area contributed by atoms with Crippen molar-refractivity contribution in [2.45, 2.75) is 30.2 Å². The summed E-state index contributed by atoms with van der Waals surface area (Å²) in [5, 5.41) is 32.2. The second kappa shape index (κ2) is 6.51. The van der Waals surface area contributed by atoms with Gasteiger partial charge in [0, 0.05) is 5.56 Å². The van der Waals surface area contributed by atoms with Gasteiger partial charge in [-0.2, -0.15) is 0 Å². The molecule has 27 heavy (non-hydrogen) atoms. The number of aromatic nitrogens is 2. The van der Waals surface area contributed by atoms with Crippen LogP contribution in [0.25, 0.3) is 0 Å². The van der Waals surface area contributed by atoms with Gasteiger partial charge in [-0.3, -0.25) is 15.1 Å². The summed E-state index contributed by atoms with van der Waals surface area (Å²) in [6.45, 7) is -0.455. The highest BCUT2D eigenvalue weighted by Crippen LogP contribution is 2.37. The molecule has 1 aromatic carbocycles. The van der Waals surface area contributed by atoms with Gasteiger partial charge in [-0.15, -0.1) is 0 Å². The van der Waals surface area contributed by atoms with Crippen molar-refractivity contribution in [3.63, 3.8) is 0 Å². The van der Waals surface area contributed by atoms with Crippen molar-refractivity contribution in [2.24, 2.45) is 10.7 Å². The molecule has 10 nitrogen and oxygen atoms in total. The molecule has 3 heterocycles. The second-order valence-corrected chi connectivity index (χ2v) is 6.46. The average molecular weight is 373 g/mol. The topological polar surface area (TPSA) is 155 Å². The zero-order chi connectivity index (χ0) is 19.2. The Hall–Kier alpha value is -2.63. The molecule has 1 fully saturated rings. The van der Waals surface area contributed by atoms with Crippen LogP contribution in [0, 0.1) is 0 Å². The number of benzene rings is 1. The number of carbonyl (C=O) groups is 1. The molecule has 0 spiro atoms. The van der Waals surface area contributed by atoms with Crippen molar-refractivity contribution in [1.82, 2.24) is 14.9 Å². The molecule has 0 saturated carbocycles. The van der Waals surface area contributed by atoms with E-state index in [0.717, 1.165) is 0 Å². The number of nitrogens with two attached hydrogens (primary N) is 1. The maximum absolute atomic E-state index is 13.0. The first kappa shape index (κ1) is 17.8. The first-order valence-electron chi connectivity index (χ1n) is 8.36. The molecular formula is C17H19N5O5. The second-order valence-electron chi connectivity index (χ2n) is 6.46. The highest BCUT2D eigenvalue weighted by Gasteiger charge is 2.47. The SMILES string of the molecule is N[C@]1(C(=O)c2ccccc2)NC=Nc2c1ncn2[C@@H]1O[C@H](CO)[C@@H](O)[C@H]1O. The van der Waals surface area contributed by atoms with Crippen LogP contribution in [0.1, 0.15) is 22.3 Å². The molecule has 5 atom stereocenters. The number of aliphatic hydroxyl groups is 3. The summed E-state index contributed by atoms with van der Waals surface area (Å²) in [4.78, 5) is 21.4. The maximum atomic E-state index is 13.0. The van der Waals surface area contributed by atoms with Gasteiger partial charge in [0.05, 0.1) is 19.3 Å². The quantitative estimate of drug-likeness (QED) is 0.417. The van der Waals surface area contributed by atoms with Crippen molar-refractivity contribution in [2.75, 3.05) is 6.61 Å². The van der Waals surface area contributed by atoms with Gasteiger partial charge < -0.3 is 25.4 Å². The predicted molar refractivity (Wildman–Crippen MR) is 93.2 cm³/mol. The van der Waals surface area contributed by atoms with E-state index < -0.39 is 42.6 Å². The molecule has 142 valence electrons. The van der Waals surface area contributed by atoms with Gasteiger partial charge in [0.15, 0.2) is 17.7 Å². The fourth-order valence-electron chi connectivity index (χ4n) is 3.31. The lowest BCUT2D eigenvalue weighted by molar-refractivity contribution is -0.0520. The van der Waals surface area contributed by atoms with E-state index in [9.17, 15) is 20.1 Å². The highest BCUT2D eigenvalue weighted by molar-refractivity contribution is 6.05. The Morgan fingerprint density at radius 1 is 1.30 bits per heavy atom. The Kier molecular flexibility index (Phi) is 4.29. The van der Waals surface area contributed by atoms with E-state index in [1.807, 2.05) is 0 Å². The van der Waals surface area contributed by atoms with E-state index in [2.05, 4.69) is 15.3 Å². The molecule has 10 heteroatoms. The van der Waals surface area contributed by atoms with Gasteiger partial charge in [-0.1, -0.05) is 30.3 Å². The van der Waals surface area contributed by atoms with Crippen molar-refractivity contribution in [3.8, 4) is 0 Å². The number of nitrogens with zero attached hydrogens (tertiary/aromatic N) is 3. The number of imidazole rings is 1. The van der Waals surface area contributed by atoms with E-state index >= 15 is 0 Å². The van der Waals surface area contributed by atoms with Crippen LogP contribution in [0.5, 0.6) is 0 Å². The molecule has 2 aliphatic rings. The summed E-state index contributed by atoms with van der Waals surface area (Å²) in [6, 6.07) is 8.54. The van der Waals surface area contributed by atoms with Gasteiger partial charge in [0.25, 0.3) is 0 Å². The average Bonchev–Trinajstić information content (AvgIpc) is 3.24. The standard InChI is InChI=1S/C17H19N5O5/c18-17(14(26)9-4-2-1-3-5-9)13-15(19-7-21-17)22(8-20-13)16-12(25)11(24)10(6-23)27-16/h1-5,7-8,10-12,16,23-25H,6,18H2,(H,19,21)/t10-,11-,12-,16-,17+/m1/s1. The summed E-state index contributed by atoms with van der Waals surface area (Å²) in [6.07, 6.45) is -1.93. The molecule has 2 aliphatic heterocycles. The minimum absolute atomic E-state index is 0.164. The molecule has 0 bridgehead atoms. The summed E-state index contributed by atoms with van der Waals surface area (Å²) in [5.41, 5.74) is 5.27. The number of ether oxygens (including phenoxy) is 1. The minimum atomic E-state index is -1.65. The van der Waals surface area contributed by atoms with Gasteiger partial charge in [-0.25, -0.2) is 9.98 Å². The van der Waals surface area contributed by atoms with E-state index in [1.54, 1.807) is 30.3 Å². The van der Waals surface area contributed by atoms with Crippen molar-refractivity contribution in [3.05, 3.63) is 47.9 Å². The number of carbonyl (C=O) groups excluding carboxylic acids is 1. The van der Waals surface area contributed by atoms with Crippen LogP contribution in [-0.4, -0.2) is 61.9 Å². The molecule has 0 unspecified atom stereocenters. The van der Waals surface area contributed by atoms with Crippen LogP contribution in [0.3, 0.4) is 0 Å². The van der Waals surface area contributed by atoms with Crippen LogP contribution in [0.15, 0.2) is 41.7 Å². The number of nitrogens with one attached hydrogen (secondary N) is 1. The Bertz CT molecular complexity index is 885. The number of rotatable bonds is 4. The number of ketones is 1. The Morgan fingerprint density at radius 2 is 2.04 bits per heavy atom. The molecule has 4 rings (SSSR count). The maximum Gasteiger partial charge on any atom is 0.209 e. The zero-order valence-electron chi connectivity index (χ0n) is 14.1. The number of hydrogen-bond donors (Lipinski definition) is 5. The van der Waals surface area contributed by atoms with Crippen LogP contribution in [0.2, 0.25) is 0 Å². The monoisotopic (exact) mass is 373 g/mol. The van der Waals surface area contributed by atoms with Crippen LogP contribution in [-0.2, 0) is 10.4 Å². The van der Waals surface area contributed by atoms with Crippen LogP contribution in [0.4, 0.5) is 5.82 Å². The normalized spacial score (nSPS) is 32.1. The third-order valence-electron chi connectivity index (χ3n) is 4.81. The number of Topliss-reactive ketones (excluding diaryl/α,β-unsaturated/α-hetero) is 1. The third kappa shape index (κ3) is 2.66. The lowest BCUT2D eigenvalue weighted by atomic mass is 9.94. The van der Waals surface area contributed by atoms with Gasteiger partial charge >= 0.3 is 0 Å². The number of hydrogen-bond acceptors (Lipinski definition) is 9. The van der Waals surface area contributed by atoms with Gasteiger partial charge in [0.2, 0.25) is 5.78 Å². The first-order valence-corrected chi connectivity index (χ1v) is 8.36. The van der Waals surface area contributed by atoms with Crippen molar-refractivity contribution < 1.29 is 24.9 Å². The number of aliphatic hydroxyl groups excluding tert-OH is 3. The Labute approximate surface area is 153 Å². The van der Waals surface area contributed by atoms with E-state index in [4.69, 9.17) is 10.5 Å². The molecule has 2 aromatic rings. The molecular weight excluding hydrogens is 354 g/mol. The first-order chi connectivity index (χ1) is 13.0. The lowest BCUT2D eigenvalue weighted by Crippen LogP contribution is -2.57. The molecule has 1 aromatic heterocycles. The van der Waals surface area contributed by atoms with E-state index in [0.29, 0.717) is 5.56 Å². The predicted octanol–water partition coefficient (Wildman–Crippen LogP) is -1.25. The lowest BCUT2D eigenvalue weighted by Gasteiger charge is -2.30. The van der Waals surface area contributed by atoms with Crippen LogP contribution < -0.4 is 11.1 Å². The van der Waals surface area contributed by atoms with E-state index in [1.165, 1.54) is 17.2 Å². The fourth-order valence-corrected chi connectivity index (χ4v) is 3.31. The fraction of sp³-hybridized carbons (Fsp3) is 0.353. The third-order valence-corrected chi connectivity index (χ3v) is 4.81. The van der Waals surface area contributed by atoms with Gasteiger partial charge in [-0.05, 0) is 0 Å². The largest absolute Gasteiger partial charge is 0.394 e. The van der Waals surface area contributed by atoms with Crippen LogP contribution >= 0.6 is 0 Å². The van der Waals surface area contributed by atoms with Crippen molar-refractivity contribution in [1.29, 1.82) is 0 Å². The zero-order valence-corrected chi connectivity index (χ0v) is 14.1. The molecule has 0 radical (unpaired) electrons. The molecule has 0 amide bonds. The number of fused-ring (bicyclic) bond motifs is 1. The molecule has 6 N–H and O–H groups in total. The molecule has 1 saturated heterocycles. The summed E-state index contributed by atoms with van der Waals surface area (Å²) in [5.74, 6) is -0.183. The highest BCUT2D eigenvalue weighted by atomic mass is 16.6.